The van der Waals surface area contributed by atoms with E-state index in [1.54, 1.807) is 0 Å². The Morgan fingerprint density at radius 3 is 2.50 bits per heavy atom. The average Bonchev–Trinajstić information content (AvgIpc) is 2.34. The van der Waals surface area contributed by atoms with Gasteiger partial charge in [-0.3, -0.25) is 4.79 Å². The number of nitrogens with zero attached hydrogens (tertiary/aromatic N) is 1. The number of carbonyl (C=O) groups excluding carboxylic acids is 1. The Morgan fingerprint density at radius 2 is 2.00 bits per heavy atom. The van der Waals surface area contributed by atoms with Crippen molar-refractivity contribution in [1.82, 2.24) is 10.2 Å². The number of amides is 1. The molecule has 18 heavy (non-hydrogen) atoms. The second-order valence-corrected chi connectivity index (χ2v) is 6.18. The van der Waals surface area contributed by atoms with Crippen LogP contribution >= 0.6 is 0 Å². The molecule has 1 heterocycles. The molecule has 2 aliphatic rings. The number of rotatable bonds is 2. The van der Waals surface area contributed by atoms with Crippen LogP contribution in [-0.2, 0) is 9.53 Å². The SMILES string of the molecule is CCN1C[C@]2(CC[C@H](NC)CC2)OC(C)(C)C1=O. The fourth-order valence-corrected chi connectivity index (χ4v) is 3.37. The predicted octanol–water partition coefficient (Wildman–Crippen LogP) is 1.54. The van der Waals surface area contributed by atoms with Crippen molar-refractivity contribution in [3.05, 3.63) is 0 Å². The van der Waals surface area contributed by atoms with Gasteiger partial charge < -0.3 is 15.0 Å². The van der Waals surface area contributed by atoms with E-state index in [4.69, 9.17) is 4.74 Å². The summed E-state index contributed by atoms with van der Waals surface area (Å²) in [5.74, 6) is 0.131. The molecule has 1 aliphatic carbocycles. The summed E-state index contributed by atoms with van der Waals surface area (Å²) in [7, 11) is 2.02. The minimum atomic E-state index is -0.666. The van der Waals surface area contributed by atoms with Crippen LogP contribution in [0.5, 0.6) is 0 Å². The van der Waals surface area contributed by atoms with Crippen LogP contribution in [0, 0.1) is 0 Å². The van der Waals surface area contributed by atoms with Gasteiger partial charge >= 0.3 is 0 Å². The van der Waals surface area contributed by atoms with Gasteiger partial charge in [-0.15, -0.1) is 0 Å². The molecule has 0 aromatic heterocycles. The zero-order valence-electron chi connectivity index (χ0n) is 12.1. The molecule has 0 bridgehead atoms. The van der Waals surface area contributed by atoms with E-state index in [-0.39, 0.29) is 11.5 Å². The lowest BCUT2D eigenvalue weighted by Gasteiger charge is -2.51. The second kappa shape index (κ2) is 4.82. The van der Waals surface area contributed by atoms with Gasteiger partial charge in [-0.25, -0.2) is 0 Å². The summed E-state index contributed by atoms with van der Waals surface area (Å²) >= 11 is 0. The normalized spacial score (nSPS) is 36.1. The lowest BCUT2D eigenvalue weighted by molar-refractivity contribution is -0.214. The molecule has 0 aromatic rings. The number of likely N-dealkylation sites (N-methyl/N-ethyl adjacent to an activating group) is 1. The summed E-state index contributed by atoms with van der Waals surface area (Å²) in [6, 6.07) is 0.607. The fraction of sp³-hybridized carbons (Fsp3) is 0.929. The van der Waals surface area contributed by atoms with Gasteiger partial charge in [-0.05, 0) is 53.5 Å². The highest BCUT2D eigenvalue weighted by Gasteiger charge is 2.50. The molecule has 1 amide bonds. The molecular formula is C14H26N2O2. The molecule has 0 unspecified atom stereocenters. The van der Waals surface area contributed by atoms with Gasteiger partial charge in [0.1, 0.15) is 5.60 Å². The first-order valence-electron chi connectivity index (χ1n) is 7.09. The van der Waals surface area contributed by atoms with Crippen LogP contribution < -0.4 is 5.32 Å². The summed E-state index contributed by atoms with van der Waals surface area (Å²) < 4.78 is 6.22. The van der Waals surface area contributed by atoms with Crippen molar-refractivity contribution < 1.29 is 9.53 Å². The highest BCUT2D eigenvalue weighted by molar-refractivity contribution is 5.85. The summed E-state index contributed by atoms with van der Waals surface area (Å²) in [6.45, 7) is 7.41. The summed E-state index contributed by atoms with van der Waals surface area (Å²) in [6.07, 6.45) is 4.37. The van der Waals surface area contributed by atoms with Crippen molar-refractivity contribution >= 4 is 5.91 Å². The van der Waals surface area contributed by atoms with Gasteiger partial charge in [0.2, 0.25) is 0 Å². The standard InChI is InChI=1S/C14H26N2O2/c1-5-16-10-14(18-13(2,3)12(16)17)8-6-11(15-4)7-9-14/h11,15H,5-10H2,1-4H3/t11-,14+. The fourth-order valence-electron chi connectivity index (χ4n) is 3.37. The Hall–Kier alpha value is -0.610. The molecule has 0 radical (unpaired) electrons. The van der Waals surface area contributed by atoms with Gasteiger partial charge in [0, 0.05) is 19.1 Å². The first-order chi connectivity index (χ1) is 8.42. The summed E-state index contributed by atoms with van der Waals surface area (Å²) in [5, 5.41) is 3.34. The predicted molar refractivity (Wildman–Crippen MR) is 71.5 cm³/mol. The van der Waals surface area contributed by atoms with Crippen molar-refractivity contribution in [3.8, 4) is 0 Å². The summed E-state index contributed by atoms with van der Waals surface area (Å²) in [5.41, 5.74) is -0.776. The molecule has 0 atom stereocenters. The molecule has 1 saturated heterocycles. The summed E-state index contributed by atoms with van der Waals surface area (Å²) in [4.78, 5) is 14.2. The molecule has 0 aromatic carbocycles. The maximum Gasteiger partial charge on any atom is 0.254 e. The van der Waals surface area contributed by atoms with Crippen LogP contribution in [0.1, 0.15) is 46.5 Å². The number of nitrogens with one attached hydrogen (secondary N) is 1. The van der Waals surface area contributed by atoms with Crippen molar-refractivity contribution in [1.29, 1.82) is 0 Å². The zero-order chi connectivity index (χ0) is 13.4. The Morgan fingerprint density at radius 1 is 1.39 bits per heavy atom. The zero-order valence-corrected chi connectivity index (χ0v) is 12.1. The van der Waals surface area contributed by atoms with Crippen molar-refractivity contribution in [2.75, 3.05) is 20.1 Å². The Bertz CT molecular complexity index is 320. The number of hydrogen-bond acceptors (Lipinski definition) is 3. The van der Waals surface area contributed by atoms with Crippen molar-refractivity contribution in [2.24, 2.45) is 0 Å². The third-order valence-corrected chi connectivity index (χ3v) is 4.44. The third-order valence-electron chi connectivity index (χ3n) is 4.44. The van der Waals surface area contributed by atoms with Gasteiger partial charge in [0.15, 0.2) is 0 Å². The number of hydrogen-bond donors (Lipinski definition) is 1. The molecule has 2 fully saturated rings. The lowest BCUT2D eigenvalue weighted by atomic mass is 9.79. The monoisotopic (exact) mass is 254 g/mol. The first-order valence-corrected chi connectivity index (χ1v) is 7.09. The minimum Gasteiger partial charge on any atom is -0.357 e. The van der Waals surface area contributed by atoms with E-state index in [1.807, 2.05) is 32.7 Å². The molecule has 1 aliphatic heterocycles. The van der Waals surface area contributed by atoms with Crippen LogP contribution in [-0.4, -0.2) is 48.2 Å². The van der Waals surface area contributed by atoms with Crippen LogP contribution in [0.25, 0.3) is 0 Å². The van der Waals surface area contributed by atoms with E-state index in [2.05, 4.69) is 5.32 Å². The second-order valence-electron chi connectivity index (χ2n) is 6.18. The van der Waals surface area contributed by atoms with E-state index in [9.17, 15) is 4.79 Å². The third kappa shape index (κ3) is 2.41. The number of morpholine rings is 1. The van der Waals surface area contributed by atoms with E-state index >= 15 is 0 Å². The maximum atomic E-state index is 12.2. The van der Waals surface area contributed by atoms with Crippen LogP contribution in [0.15, 0.2) is 0 Å². The highest BCUT2D eigenvalue weighted by atomic mass is 16.5. The molecule has 1 spiro atoms. The molecule has 2 rings (SSSR count). The first kappa shape index (κ1) is 13.8. The average molecular weight is 254 g/mol. The Labute approximate surface area is 110 Å². The molecule has 1 N–H and O–H groups in total. The van der Waals surface area contributed by atoms with Gasteiger partial charge in [0.25, 0.3) is 5.91 Å². The van der Waals surface area contributed by atoms with Gasteiger partial charge in [0.05, 0.1) is 5.60 Å². The van der Waals surface area contributed by atoms with E-state index in [1.165, 1.54) is 0 Å². The van der Waals surface area contributed by atoms with Gasteiger partial charge in [-0.2, -0.15) is 0 Å². The van der Waals surface area contributed by atoms with Crippen LogP contribution in [0.2, 0.25) is 0 Å². The topological polar surface area (TPSA) is 41.6 Å². The highest BCUT2D eigenvalue weighted by Crippen LogP contribution is 2.39. The molecule has 4 nitrogen and oxygen atoms in total. The molecule has 4 heteroatoms. The smallest absolute Gasteiger partial charge is 0.254 e. The van der Waals surface area contributed by atoms with Crippen LogP contribution in [0.3, 0.4) is 0 Å². The maximum absolute atomic E-state index is 12.2. The van der Waals surface area contributed by atoms with Crippen LogP contribution in [0.4, 0.5) is 0 Å². The van der Waals surface area contributed by atoms with Gasteiger partial charge in [-0.1, -0.05) is 0 Å². The number of ether oxygens (including phenoxy) is 1. The van der Waals surface area contributed by atoms with E-state index in [0.717, 1.165) is 38.8 Å². The Balaban J connectivity index is 2.12. The molecular weight excluding hydrogens is 228 g/mol. The lowest BCUT2D eigenvalue weighted by Crippen LogP contribution is -2.64. The van der Waals surface area contributed by atoms with Crippen molar-refractivity contribution in [2.45, 2.75) is 63.7 Å². The number of carbonyl (C=O) groups is 1. The largest absolute Gasteiger partial charge is 0.357 e. The van der Waals surface area contributed by atoms with E-state index < -0.39 is 5.60 Å². The Kier molecular flexibility index (Phi) is 3.70. The van der Waals surface area contributed by atoms with Crippen molar-refractivity contribution in [3.63, 3.8) is 0 Å². The molecule has 1 saturated carbocycles. The molecule has 104 valence electrons. The van der Waals surface area contributed by atoms with E-state index in [0.29, 0.717) is 6.04 Å². The quantitative estimate of drug-likeness (QED) is 0.813. The minimum absolute atomic E-state index is 0.110.